The van der Waals surface area contributed by atoms with E-state index >= 15 is 0 Å². The zero-order chi connectivity index (χ0) is 15.3. The summed E-state index contributed by atoms with van der Waals surface area (Å²) in [6.45, 7) is 0. The lowest BCUT2D eigenvalue weighted by molar-refractivity contribution is 0.414. The van der Waals surface area contributed by atoms with Gasteiger partial charge in [0.1, 0.15) is 11.0 Å². The van der Waals surface area contributed by atoms with Gasteiger partial charge in [-0.2, -0.15) is 5.26 Å². The molecule has 0 radical (unpaired) electrons. The summed E-state index contributed by atoms with van der Waals surface area (Å²) in [5, 5.41) is 8.09. The fourth-order valence-corrected chi connectivity index (χ4v) is 3.74. The molecule has 0 heterocycles. The van der Waals surface area contributed by atoms with Gasteiger partial charge >= 0.3 is 0 Å². The van der Waals surface area contributed by atoms with E-state index in [1.54, 1.807) is 36.4 Å². The van der Waals surface area contributed by atoms with Crippen molar-refractivity contribution in [3.8, 4) is 11.8 Å². The summed E-state index contributed by atoms with van der Waals surface area (Å²) in [7, 11) is -2.10. The maximum Gasteiger partial charge on any atom is 0.186 e. The number of hydrogen-bond donors (Lipinski definition) is 0. The largest absolute Gasteiger partial charge is 0.497 e. The summed E-state index contributed by atoms with van der Waals surface area (Å²) in [6, 6.07) is 17.0. The number of sulfone groups is 1. The molecule has 1 atom stereocenters. The van der Waals surface area contributed by atoms with Crippen molar-refractivity contribution in [3.63, 3.8) is 0 Å². The van der Waals surface area contributed by atoms with Crippen LogP contribution in [0.2, 0.25) is 0 Å². The van der Waals surface area contributed by atoms with Crippen molar-refractivity contribution in [3.05, 3.63) is 60.2 Å². The third kappa shape index (κ3) is 3.23. The molecule has 2 aromatic carbocycles. The van der Waals surface area contributed by atoms with E-state index < -0.39 is 15.1 Å². The van der Waals surface area contributed by atoms with Gasteiger partial charge in [-0.25, -0.2) is 8.42 Å². The minimum Gasteiger partial charge on any atom is -0.497 e. The molecule has 0 aromatic heterocycles. The van der Waals surface area contributed by atoms with E-state index in [0.717, 1.165) is 0 Å². The van der Waals surface area contributed by atoms with Crippen molar-refractivity contribution in [1.82, 2.24) is 0 Å². The molecule has 0 amide bonds. The van der Waals surface area contributed by atoms with Gasteiger partial charge in [0, 0.05) is 0 Å². The van der Waals surface area contributed by atoms with Gasteiger partial charge in [0.25, 0.3) is 0 Å². The summed E-state index contributed by atoms with van der Waals surface area (Å²) >= 11 is 0. The molecule has 108 valence electrons. The molecular formula is C16H15NO3S. The maximum atomic E-state index is 12.7. The maximum absolute atomic E-state index is 12.7. The highest BCUT2D eigenvalue weighted by atomic mass is 32.2. The summed E-state index contributed by atoms with van der Waals surface area (Å²) in [5.41, 5.74) is 0.620. The molecule has 0 aliphatic rings. The predicted octanol–water partition coefficient (Wildman–Crippen LogP) is 3.12. The minimum absolute atomic E-state index is 0.0849. The first kappa shape index (κ1) is 15.1. The van der Waals surface area contributed by atoms with Crippen molar-refractivity contribution >= 4 is 9.84 Å². The Labute approximate surface area is 124 Å². The second-order valence-electron chi connectivity index (χ2n) is 4.48. The Kier molecular flexibility index (Phi) is 4.61. The van der Waals surface area contributed by atoms with Gasteiger partial charge in [-0.15, -0.1) is 0 Å². The fourth-order valence-electron chi connectivity index (χ4n) is 2.09. The Morgan fingerprint density at radius 1 is 1.10 bits per heavy atom. The summed E-state index contributed by atoms with van der Waals surface area (Å²) < 4.78 is 30.5. The van der Waals surface area contributed by atoms with Crippen molar-refractivity contribution in [1.29, 1.82) is 5.26 Å². The zero-order valence-electron chi connectivity index (χ0n) is 11.6. The molecule has 0 saturated carbocycles. The molecule has 1 unspecified atom stereocenters. The van der Waals surface area contributed by atoms with Gasteiger partial charge in [0.05, 0.1) is 24.5 Å². The number of hydrogen-bond acceptors (Lipinski definition) is 4. The van der Waals surface area contributed by atoms with Gasteiger partial charge in [-0.3, -0.25) is 0 Å². The Morgan fingerprint density at radius 3 is 2.24 bits per heavy atom. The van der Waals surface area contributed by atoms with Gasteiger partial charge in [0.2, 0.25) is 0 Å². The zero-order valence-corrected chi connectivity index (χ0v) is 12.4. The number of methoxy groups -OCH3 is 1. The van der Waals surface area contributed by atoms with Crippen LogP contribution in [0.25, 0.3) is 0 Å². The van der Waals surface area contributed by atoms with Gasteiger partial charge < -0.3 is 4.74 Å². The molecule has 0 fully saturated rings. The van der Waals surface area contributed by atoms with E-state index in [4.69, 9.17) is 10.00 Å². The molecule has 4 nitrogen and oxygen atoms in total. The van der Waals surface area contributed by atoms with Gasteiger partial charge in [0.15, 0.2) is 9.84 Å². The van der Waals surface area contributed by atoms with Crippen LogP contribution >= 0.6 is 0 Å². The minimum atomic E-state index is -3.62. The first-order chi connectivity index (χ1) is 10.1. The lowest BCUT2D eigenvalue weighted by atomic mass is 10.1. The highest BCUT2D eigenvalue weighted by Crippen LogP contribution is 2.32. The number of ether oxygens (including phenoxy) is 1. The molecular weight excluding hydrogens is 286 g/mol. The highest BCUT2D eigenvalue weighted by molar-refractivity contribution is 7.91. The molecule has 0 aliphatic heterocycles. The Morgan fingerprint density at radius 2 is 1.71 bits per heavy atom. The van der Waals surface area contributed by atoms with E-state index in [1.807, 2.05) is 12.1 Å². The summed E-state index contributed by atoms with van der Waals surface area (Å²) in [5.74, 6) is 0.588. The second kappa shape index (κ2) is 6.42. The Bertz CT molecular complexity index is 731. The topological polar surface area (TPSA) is 67.2 Å². The van der Waals surface area contributed by atoms with Crippen molar-refractivity contribution in [2.75, 3.05) is 7.11 Å². The number of rotatable bonds is 5. The quantitative estimate of drug-likeness (QED) is 0.851. The monoisotopic (exact) mass is 301 g/mol. The Hall–Kier alpha value is -2.32. The van der Waals surface area contributed by atoms with Crippen LogP contribution in [0.3, 0.4) is 0 Å². The highest BCUT2D eigenvalue weighted by Gasteiger charge is 2.28. The molecule has 5 heteroatoms. The summed E-state index contributed by atoms with van der Waals surface area (Å²) in [6.07, 6.45) is -0.0849. The van der Waals surface area contributed by atoms with Gasteiger partial charge in [-0.1, -0.05) is 30.3 Å². The Balaban J connectivity index is 2.45. The van der Waals surface area contributed by atoms with Crippen LogP contribution < -0.4 is 4.74 Å². The van der Waals surface area contributed by atoms with E-state index in [1.165, 1.54) is 19.2 Å². The molecule has 0 bridgehead atoms. The van der Waals surface area contributed by atoms with Crippen molar-refractivity contribution in [2.45, 2.75) is 16.6 Å². The van der Waals surface area contributed by atoms with Crippen LogP contribution in [0.4, 0.5) is 0 Å². The first-order valence-corrected chi connectivity index (χ1v) is 7.94. The average molecular weight is 301 g/mol. The molecule has 0 aliphatic carbocycles. The standard InChI is InChI=1S/C16H15NO3S/c1-20-14-7-9-15(10-8-14)21(18,19)16(11-12-17)13-5-3-2-4-6-13/h2-10,16H,11H2,1H3. The van der Waals surface area contributed by atoms with Crippen LogP contribution in [-0.2, 0) is 9.84 Å². The van der Waals surface area contributed by atoms with Crippen molar-refractivity contribution < 1.29 is 13.2 Å². The SMILES string of the molecule is COc1ccc(S(=O)(=O)C(CC#N)c2ccccc2)cc1. The third-order valence-corrected chi connectivity index (χ3v) is 5.33. The molecule has 0 spiro atoms. The van der Waals surface area contributed by atoms with Crippen LogP contribution in [0.1, 0.15) is 17.2 Å². The van der Waals surface area contributed by atoms with Crippen LogP contribution in [0.15, 0.2) is 59.5 Å². The average Bonchev–Trinajstić information content (AvgIpc) is 2.53. The lowest BCUT2D eigenvalue weighted by Gasteiger charge is -2.15. The molecule has 21 heavy (non-hydrogen) atoms. The normalized spacial score (nSPS) is 12.4. The summed E-state index contributed by atoms with van der Waals surface area (Å²) in [4.78, 5) is 0.187. The smallest absolute Gasteiger partial charge is 0.186 e. The lowest BCUT2D eigenvalue weighted by Crippen LogP contribution is -2.13. The fraction of sp³-hybridized carbons (Fsp3) is 0.188. The van der Waals surface area contributed by atoms with Crippen molar-refractivity contribution in [2.24, 2.45) is 0 Å². The number of nitrogens with zero attached hydrogens (tertiary/aromatic N) is 1. The first-order valence-electron chi connectivity index (χ1n) is 6.39. The van der Waals surface area contributed by atoms with Crippen LogP contribution in [-0.4, -0.2) is 15.5 Å². The molecule has 2 aromatic rings. The number of nitriles is 1. The second-order valence-corrected chi connectivity index (χ2v) is 6.61. The molecule has 0 saturated heterocycles. The predicted molar refractivity (Wildman–Crippen MR) is 79.6 cm³/mol. The molecule has 2 rings (SSSR count). The van der Waals surface area contributed by atoms with Crippen LogP contribution in [0.5, 0.6) is 5.75 Å². The van der Waals surface area contributed by atoms with Gasteiger partial charge in [-0.05, 0) is 29.8 Å². The van der Waals surface area contributed by atoms with E-state index in [2.05, 4.69) is 0 Å². The van der Waals surface area contributed by atoms with Crippen LogP contribution in [0, 0.1) is 11.3 Å². The molecule has 0 N–H and O–H groups in total. The number of benzene rings is 2. The third-order valence-electron chi connectivity index (χ3n) is 3.21. The van der Waals surface area contributed by atoms with E-state index in [-0.39, 0.29) is 11.3 Å². The van der Waals surface area contributed by atoms with E-state index in [9.17, 15) is 8.42 Å². The van der Waals surface area contributed by atoms with E-state index in [0.29, 0.717) is 11.3 Å².